The average molecular weight is 400 g/mol. The van der Waals surface area contributed by atoms with Gasteiger partial charge in [-0.1, -0.05) is 48.5 Å². The molecule has 28 heavy (non-hydrogen) atoms. The zero-order valence-corrected chi connectivity index (χ0v) is 16.7. The Morgan fingerprint density at radius 3 is 2.61 bits per heavy atom. The van der Waals surface area contributed by atoms with Crippen molar-refractivity contribution in [3.8, 4) is 0 Å². The monoisotopic (exact) mass is 400 g/mol. The molecule has 1 saturated carbocycles. The van der Waals surface area contributed by atoms with Crippen LogP contribution in [0.15, 0.2) is 55.1 Å². The number of fused-ring (bicyclic) bond motifs is 1. The molecule has 2 aromatic rings. The van der Waals surface area contributed by atoms with E-state index in [-0.39, 0.29) is 12.2 Å². The first kappa shape index (κ1) is 20.3. The number of rotatable bonds is 6. The molecule has 1 fully saturated rings. The van der Waals surface area contributed by atoms with E-state index in [0.29, 0.717) is 24.8 Å². The van der Waals surface area contributed by atoms with Crippen LogP contribution in [0, 0.1) is 5.92 Å². The van der Waals surface area contributed by atoms with Crippen molar-refractivity contribution in [2.75, 3.05) is 0 Å². The maximum atomic E-state index is 13.6. The number of carbonyl (C=O) groups is 2. The van der Waals surface area contributed by atoms with Gasteiger partial charge >= 0.3 is 5.97 Å². The van der Waals surface area contributed by atoms with Crippen LogP contribution in [0.3, 0.4) is 0 Å². The second-order valence-electron chi connectivity index (χ2n) is 7.19. The van der Waals surface area contributed by atoms with Crippen LogP contribution in [0.1, 0.15) is 43.4 Å². The predicted molar refractivity (Wildman–Crippen MR) is 108 cm³/mol. The van der Waals surface area contributed by atoms with Crippen LogP contribution in [0.4, 0.5) is 0 Å². The number of hydrogen-bond donors (Lipinski definition) is 0. The molecule has 3 atom stereocenters. The summed E-state index contributed by atoms with van der Waals surface area (Å²) in [6.45, 7) is 4.93. The molecule has 0 aromatic heterocycles. The minimum atomic E-state index is -3.99. The second kappa shape index (κ2) is 8.27. The molecule has 0 radical (unpaired) electrons. The highest BCUT2D eigenvalue weighted by Gasteiger charge is 2.43. The topological polar surface area (TPSA) is 77.5 Å². The molecule has 0 bridgehead atoms. The summed E-state index contributed by atoms with van der Waals surface area (Å²) >= 11 is 0. The van der Waals surface area contributed by atoms with Gasteiger partial charge in [-0.15, -0.1) is 6.58 Å². The van der Waals surface area contributed by atoms with Crippen molar-refractivity contribution >= 4 is 32.4 Å². The highest BCUT2D eigenvalue weighted by molar-refractivity contribution is 7.92. The van der Waals surface area contributed by atoms with E-state index < -0.39 is 32.4 Å². The Bertz CT molecular complexity index is 1000. The molecule has 1 aliphatic rings. The Hall–Kier alpha value is -2.47. The normalized spacial score (nSPS) is 19.8. The first-order chi connectivity index (χ1) is 13.3. The molecule has 0 N–H and O–H groups in total. The van der Waals surface area contributed by atoms with Crippen LogP contribution < -0.4 is 0 Å². The van der Waals surface area contributed by atoms with Gasteiger partial charge in [0.15, 0.2) is 9.84 Å². The third-order valence-corrected chi connectivity index (χ3v) is 7.49. The van der Waals surface area contributed by atoms with Crippen molar-refractivity contribution in [2.24, 2.45) is 5.92 Å². The van der Waals surface area contributed by atoms with Crippen LogP contribution >= 0.6 is 0 Å². The number of ether oxygens (including phenoxy) is 1. The number of esters is 1. The third kappa shape index (κ3) is 4.02. The molecule has 0 saturated heterocycles. The van der Waals surface area contributed by atoms with E-state index in [9.17, 15) is 18.0 Å². The average Bonchev–Trinajstić information content (AvgIpc) is 2.66. The number of ketones is 1. The molecule has 148 valence electrons. The van der Waals surface area contributed by atoms with Crippen molar-refractivity contribution < 1.29 is 22.7 Å². The summed E-state index contributed by atoms with van der Waals surface area (Å²) in [5.74, 6) is -1.20. The summed E-state index contributed by atoms with van der Waals surface area (Å²) in [5, 5.41) is 0.679. The number of carbonyl (C=O) groups excluding carboxylic acids is 2. The maximum absolute atomic E-state index is 13.6. The van der Waals surface area contributed by atoms with Gasteiger partial charge in [0, 0.05) is 25.7 Å². The molecular weight excluding hydrogens is 376 g/mol. The predicted octanol–water partition coefficient (Wildman–Crippen LogP) is 4.13. The van der Waals surface area contributed by atoms with Gasteiger partial charge in [-0.2, -0.15) is 0 Å². The number of Topliss-reactive ketones (excluding diaryl/α,β-unsaturated/α-hetero) is 1. The summed E-state index contributed by atoms with van der Waals surface area (Å²) < 4.78 is 32.5. The fourth-order valence-corrected chi connectivity index (χ4v) is 6.12. The van der Waals surface area contributed by atoms with E-state index in [0.717, 1.165) is 10.8 Å². The minimum Gasteiger partial charge on any atom is -0.446 e. The van der Waals surface area contributed by atoms with Crippen LogP contribution in [-0.4, -0.2) is 25.6 Å². The van der Waals surface area contributed by atoms with Gasteiger partial charge in [-0.05, 0) is 29.2 Å². The summed E-state index contributed by atoms with van der Waals surface area (Å²) in [6, 6.07) is 13.0. The lowest BCUT2D eigenvalue weighted by Crippen LogP contribution is -2.39. The van der Waals surface area contributed by atoms with E-state index in [2.05, 4.69) is 6.58 Å². The smallest absolute Gasteiger partial charge is 0.303 e. The molecular formula is C22H24O5S. The van der Waals surface area contributed by atoms with Gasteiger partial charge in [0.2, 0.25) is 5.44 Å². The Kier molecular flexibility index (Phi) is 5.98. The van der Waals surface area contributed by atoms with E-state index >= 15 is 0 Å². The largest absolute Gasteiger partial charge is 0.446 e. The van der Waals surface area contributed by atoms with Gasteiger partial charge in [-0.3, -0.25) is 9.59 Å². The number of benzene rings is 2. The number of hydrogen-bond acceptors (Lipinski definition) is 5. The van der Waals surface area contributed by atoms with Crippen molar-refractivity contribution in [1.82, 2.24) is 0 Å². The summed E-state index contributed by atoms with van der Waals surface area (Å²) in [4.78, 5) is 23.6. The molecule has 0 amide bonds. The molecule has 6 heteroatoms. The lowest BCUT2D eigenvalue weighted by molar-refractivity contribution is -0.146. The van der Waals surface area contributed by atoms with Gasteiger partial charge in [0.25, 0.3) is 0 Å². The quantitative estimate of drug-likeness (QED) is 0.538. The third-order valence-electron chi connectivity index (χ3n) is 5.21. The summed E-state index contributed by atoms with van der Waals surface area (Å²) in [6.07, 6.45) is 3.05. The molecule has 3 unspecified atom stereocenters. The zero-order chi connectivity index (χ0) is 20.3. The molecule has 3 rings (SSSR count). The molecule has 2 aromatic carbocycles. The second-order valence-corrected chi connectivity index (χ2v) is 9.34. The molecule has 1 aliphatic carbocycles. The summed E-state index contributed by atoms with van der Waals surface area (Å²) in [7, 11) is -3.99. The zero-order valence-electron chi connectivity index (χ0n) is 15.8. The molecule has 0 aliphatic heterocycles. The fourth-order valence-electron chi connectivity index (χ4n) is 3.97. The maximum Gasteiger partial charge on any atom is 0.303 e. The Balaban J connectivity index is 2.08. The molecule has 0 heterocycles. The van der Waals surface area contributed by atoms with Crippen molar-refractivity contribution in [2.45, 2.75) is 43.3 Å². The molecule has 0 spiro atoms. The van der Waals surface area contributed by atoms with Crippen molar-refractivity contribution in [3.63, 3.8) is 0 Å². The van der Waals surface area contributed by atoms with Crippen molar-refractivity contribution in [1.29, 1.82) is 0 Å². The first-order valence-corrected chi connectivity index (χ1v) is 11.0. The first-order valence-electron chi connectivity index (χ1n) is 9.36. The highest BCUT2D eigenvalue weighted by Crippen LogP contribution is 2.38. The van der Waals surface area contributed by atoms with Gasteiger partial charge < -0.3 is 4.74 Å². The van der Waals surface area contributed by atoms with E-state index in [1.807, 2.05) is 30.3 Å². The Labute approximate surface area is 165 Å². The minimum absolute atomic E-state index is 0.00363. The lowest BCUT2D eigenvalue weighted by Gasteiger charge is -2.31. The van der Waals surface area contributed by atoms with E-state index in [1.54, 1.807) is 12.1 Å². The lowest BCUT2D eigenvalue weighted by atomic mass is 9.89. The Morgan fingerprint density at radius 2 is 1.93 bits per heavy atom. The van der Waals surface area contributed by atoms with Crippen LogP contribution in [-0.2, 0) is 24.2 Å². The van der Waals surface area contributed by atoms with Crippen LogP contribution in [0.25, 0.3) is 10.8 Å². The number of sulfone groups is 1. The van der Waals surface area contributed by atoms with Crippen molar-refractivity contribution in [3.05, 3.63) is 60.7 Å². The van der Waals surface area contributed by atoms with Crippen LogP contribution in [0.5, 0.6) is 0 Å². The van der Waals surface area contributed by atoms with Gasteiger partial charge in [0.1, 0.15) is 11.0 Å². The summed E-state index contributed by atoms with van der Waals surface area (Å²) in [5.41, 5.74) is -0.774. The van der Waals surface area contributed by atoms with E-state index in [1.165, 1.54) is 13.0 Å². The standard InChI is InChI=1S/C22H24O5S/c1-3-21(20-13-7-9-16-8-4-5-12-19(16)20)28(25,26)22(27-15(2)23)17-10-6-11-18(24)14-17/h3-5,7-9,12-13,17,21-22H,1,6,10-11,14H2,2H3. The van der Waals surface area contributed by atoms with Gasteiger partial charge in [0.05, 0.1) is 0 Å². The Morgan fingerprint density at radius 1 is 1.21 bits per heavy atom. The van der Waals surface area contributed by atoms with Crippen LogP contribution in [0.2, 0.25) is 0 Å². The van der Waals surface area contributed by atoms with E-state index in [4.69, 9.17) is 4.74 Å². The highest BCUT2D eigenvalue weighted by atomic mass is 32.2. The molecule has 5 nitrogen and oxygen atoms in total. The fraction of sp³-hybridized carbons (Fsp3) is 0.364. The SMILES string of the molecule is C=CC(c1cccc2ccccc12)S(=O)(=O)C(OC(C)=O)C1CCCC(=O)C1. The van der Waals surface area contributed by atoms with Gasteiger partial charge in [-0.25, -0.2) is 8.42 Å².